The first kappa shape index (κ1) is 46.9. The highest BCUT2D eigenvalue weighted by molar-refractivity contribution is 5.98. The second kappa shape index (κ2) is 21.0. The Morgan fingerprint density at radius 2 is 1.03 bits per heavy atom. The summed E-state index contributed by atoms with van der Waals surface area (Å²) in [5, 5.41) is 14.0. The highest BCUT2D eigenvalue weighted by atomic mass is 16.6. The maximum absolute atomic E-state index is 14.3. The number of ether oxygens (including phenoxy) is 3. The van der Waals surface area contributed by atoms with Crippen LogP contribution >= 0.6 is 0 Å². The molecule has 0 aliphatic carbocycles. The van der Waals surface area contributed by atoms with Gasteiger partial charge in [0, 0.05) is 30.6 Å². The van der Waals surface area contributed by atoms with Gasteiger partial charge < -0.3 is 30.2 Å². The second-order valence-electron chi connectivity index (χ2n) is 17.3. The van der Waals surface area contributed by atoms with Crippen LogP contribution in [-0.2, 0) is 52.7 Å². The van der Waals surface area contributed by atoms with E-state index in [4.69, 9.17) is 14.2 Å². The Hall–Kier alpha value is -5.76. The van der Waals surface area contributed by atoms with Crippen LogP contribution in [0.2, 0.25) is 0 Å². The summed E-state index contributed by atoms with van der Waals surface area (Å²) in [6.45, 7) is 14.5. The van der Waals surface area contributed by atoms with Gasteiger partial charge in [0.2, 0.25) is 17.7 Å². The van der Waals surface area contributed by atoms with Crippen molar-refractivity contribution in [2.75, 3.05) is 17.2 Å². The van der Waals surface area contributed by atoms with Crippen molar-refractivity contribution >= 4 is 47.1 Å². The van der Waals surface area contributed by atoms with Gasteiger partial charge in [0.1, 0.15) is 28.9 Å². The molecule has 4 atom stereocenters. The topological polar surface area (TPSA) is 194 Å². The number of ketones is 1. The van der Waals surface area contributed by atoms with Crippen molar-refractivity contribution in [3.05, 3.63) is 95.6 Å². The van der Waals surface area contributed by atoms with E-state index in [9.17, 15) is 28.8 Å². The molecule has 14 heteroatoms. The van der Waals surface area contributed by atoms with Gasteiger partial charge in [-0.3, -0.25) is 29.8 Å². The summed E-state index contributed by atoms with van der Waals surface area (Å²) in [5.41, 5.74) is 0.676. The Bertz CT molecular complexity index is 1930. The largest absolute Gasteiger partial charge is 0.444 e. The fourth-order valence-corrected chi connectivity index (χ4v) is 6.21. The quantitative estimate of drug-likeness (QED) is 0.0639. The molecule has 3 aromatic carbocycles. The van der Waals surface area contributed by atoms with E-state index in [0.717, 1.165) is 18.4 Å². The molecule has 3 aromatic rings. The zero-order valence-electron chi connectivity index (χ0n) is 36.1. The second-order valence-corrected chi connectivity index (χ2v) is 17.3. The predicted molar refractivity (Wildman–Crippen MR) is 229 cm³/mol. The number of epoxide rings is 1. The summed E-state index contributed by atoms with van der Waals surface area (Å²) in [5.74, 6) is -1.82. The highest BCUT2D eigenvalue weighted by Crippen LogP contribution is 2.29. The molecule has 0 unspecified atom stereocenters. The molecule has 0 spiro atoms. The lowest BCUT2D eigenvalue weighted by atomic mass is 9.94. The minimum atomic E-state index is -1.19. The van der Waals surface area contributed by atoms with Crippen LogP contribution in [-0.4, -0.2) is 77.2 Å². The van der Waals surface area contributed by atoms with Crippen LogP contribution in [0.25, 0.3) is 0 Å². The molecule has 4 rings (SSSR count). The average Bonchev–Trinajstić information content (AvgIpc) is 3.92. The Balaban J connectivity index is 1.60. The molecule has 324 valence electrons. The molecule has 1 aliphatic rings. The summed E-state index contributed by atoms with van der Waals surface area (Å²) < 4.78 is 16.2. The van der Waals surface area contributed by atoms with E-state index in [1.54, 1.807) is 97.0 Å². The third kappa shape index (κ3) is 16.1. The van der Waals surface area contributed by atoms with Gasteiger partial charge in [-0.1, -0.05) is 74.4 Å². The Morgan fingerprint density at radius 1 is 0.617 bits per heavy atom. The number of Topliss-reactive ketones (excluding diaryl/α,β-unsaturated/α-hetero) is 1. The average molecular weight is 828 g/mol. The Morgan fingerprint density at radius 3 is 1.47 bits per heavy atom. The van der Waals surface area contributed by atoms with Gasteiger partial charge in [-0.2, -0.15) is 0 Å². The molecule has 0 saturated carbocycles. The smallest absolute Gasteiger partial charge is 0.412 e. The minimum absolute atomic E-state index is 0.00645. The SMILES string of the molecule is CCCCCC(=O)N[C@@H](Cc1ccc(NC(=O)OC(C)(C)C)cc1)C(=O)N[C@@H](Cc1ccc(NC(=O)OC(C)(C)C)cc1)C(=O)N[C@@H](Cc1ccccc1)C(=O)[C@@]1(C)CO1. The number of unbranched alkanes of at least 4 members (excludes halogenated alkanes) is 2. The van der Waals surface area contributed by atoms with Crippen LogP contribution in [0.4, 0.5) is 21.0 Å². The van der Waals surface area contributed by atoms with Crippen LogP contribution in [0, 0.1) is 0 Å². The van der Waals surface area contributed by atoms with Crippen LogP contribution in [0.3, 0.4) is 0 Å². The van der Waals surface area contributed by atoms with Crippen molar-refractivity contribution < 1.29 is 43.0 Å². The maximum Gasteiger partial charge on any atom is 0.412 e. The monoisotopic (exact) mass is 827 g/mol. The number of hydrogen-bond acceptors (Lipinski definition) is 9. The van der Waals surface area contributed by atoms with Crippen molar-refractivity contribution in [3.63, 3.8) is 0 Å². The fraction of sp³-hybridized carbons (Fsp3) is 0.478. The van der Waals surface area contributed by atoms with Crippen molar-refractivity contribution in [2.24, 2.45) is 0 Å². The van der Waals surface area contributed by atoms with E-state index >= 15 is 0 Å². The lowest BCUT2D eigenvalue weighted by Gasteiger charge is -2.26. The lowest BCUT2D eigenvalue weighted by Crippen LogP contribution is -2.58. The maximum atomic E-state index is 14.3. The number of anilines is 2. The summed E-state index contributed by atoms with van der Waals surface area (Å²) in [6.07, 6.45) is 1.65. The first-order valence-electron chi connectivity index (χ1n) is 20.5. The zero-order valence-corrected chi connectivity index (χ0v) is 36.1. The van der Waals surface area contributed by atoms with Gasteiger partial charge >= 0.3 is 12.2 Å². The number of hydrogen-bond donors (Lipinski definition) is 5. The molecule has 14 nitrogen and oxygen atoms in total. The molecular weight excluding hydrogens is 767 g/mol. The van der Waals surface area contributed by atoms with Gasteiger partial charge in [-0.15, -0.1) is 0 Å². The standard InChI is InChI=1S/C46H61N5O9/c1-9-10-12-17-38(52)49-36(27-31-18-22-33(23-19-31)47-42(56)59-44(2,3)4)40(54)51-37(28-32-20-24-34(25-21-32)48-43(57)60-45(5,6)7)41(55)50-35(39(53)46(8)29-58-46)26-30-15-13-11-14-16-30/h11,13-16,18-25,35-37H,9-10,12,17,26-29H2,1-8H3,(H,47,56)(H,48,57)(H,49,52)(H,50,55)(H,51,54)/t35-,36-,37-,46+/m0/s1. The summed E-state index contributed by atoms with van der Waals surface area (Å²) in [7, 11) is 0. The Labute approximate surface area is 353 Å². The first-order chi connectivity index (χ1) is 28.2. The van der Waals surface area contributed by atoms with Gasteiger partial charge in [-0.25, -0.2) is 9.59 Å². The third-order valence-electron chi connectivity index (χ3n) is 9.38. The van der Waals surface area contributed by atoms with E-state index in [1.165, 1.54) is 0 Å². The van der Waals surface area contributed by atoms with Crippen LogP contribution in [0.15, 0.2) is 78.9 Å². The Kier molecular flexibility index (Phi) is 16.4. The van der Waals surface area contributed by atoms with Gasteiger partial charge in [0.15, 0.2) is 5.78 Å². The molecule has 60 heavy (non-hydrogen) atoms. The van der Waals surface area contributed by atoms with Crippen LogP contribution in [0.1, 0.15) is 97.8 Å². The van der Waals surface area contributed by atoms with Crippen LogP contribution in [0.5, 0.6) is 0 Å². The highest BCUT2D eigenvalue weighted by Gasteiger charge is 2.50. The molecule has 0 bridgehead atoms. The van der Waals surface area contributed by atoms with Crippen molar-refractivity contribution in [1.29, 1.82) is 0 Å². The zero-order chi connectivity index (χ0) is 44.1. The molecule has 1 aliphatic heterocycles. The van der Waals surface area contributed by atoms with E-state index in [1.807, 2.05) is 37.3 Å². The fourth-order valence-electron chi connectivity index (χ4n) is 6.21. The van der Waals surface area contributed by atoms with Gasteiger partial charge in [-0.05, 0) is 102 Å². The van der Waals surface area contributed by atoms with E-state index in [0.29, 0.717) is 28.9 Å². The van der Waals surface area contributed by atoms with E-state index in [-0.39, 0.29) is 44.0 Å². The van der Waals surface area contributed by atoms with Crippen molar-refractivity contribution in [3.8, 4) is 0 Å². The number of benzene rings is 3. The minimum Gasteiger partial charge on any atom is -0.444 e. The summed E-state index contributed by atoms with van der Waals surface area (Å²) in [6, 6.07) is 19.6. The van der Waals surface area contributed by atoms with Crippen molar-refractivity contribution in [1.82, 2.24) is 16.0 Å². The summed E-state index contributed by atoms with van der Waals surface area (Å²) in [4.78, 5) is 80.3. The third-order valence-corrected chi connectivity index (χ3v) is 9.38. The van der Waals surface area contributed by atoms with Gasteiger partial charge in [0.25, 0.3) is 0 Å². The normalized spacial score (nSPS) is 16.3. The number of nitrogens with one attached hydrogen (secondary N) is 5. The van der Waals surface area contributed by atoms with Crippen molar-refractivity contribution in [2.45, 2.75) is 135 Å². The molecule has 0 radical (unpaired) electrons. The molecular formula is C46H61N5O9. The molecule has 5 N–H and O–H groups in total. The molecule has 1 saturated heterocycles. The van der Waals surface area contributed by atoms with E-state index < -0.39 is 58.9 Å². The number of amides is 5. The molecule has 1 heterocycles. The number of rotatable bonds is 19. The number of carbonyl (C=O) groups excluding carboxylic acids is 6. The predicted octanol–water partition coefficient (Wildman–Crippen LogP) is 6.80. The number of carbonyl (C=O) groups is 6. The summed E-state index contributed by atoms with van der Waals surface area (Å²) >= 11 is 0. The molecule has 0 aromatic heterocycles. The first-order valence-corrected chi connectivity index (χ1v) is 20.5. The molecule has 5 amide bonds. The van der Waals surface area contributed by atoms with Crippen LogP contribution < -0.4 is 26.6 Å². The van der Waals surface area contributed by atoms with Gasteiger partial charge in [0.05, 0.1) is 12.6 Å². The molecule has 1 fully saturated rings. The van der Waals surface area contributed by atoms with E-state index in [2.05, 4.69) is 26.6 Å². The lowest BCUT2D eigenvalue weighted by molar-refractivity contribution is -0.134.